The highest BCUT2D eigenvalue weighted by Gasteiger charge is 2.35. The van der Waals surface area contributed by atoms with Gasteiger partial charge < -0.3 is 20.7 Å². The predicted octanol–water partition coefficient (Wildman–Crippen LogP) is 1.34. The molecule has 1 aliphatic carbocycles. The zero-order valence-corrected chi connectivity index (χ0v) is 11.9. The van der Waals surface area contributed by atoms with E-state index in [1.54, 1.807) is 7.11 Å². The maximum absolute atomic E-state index is 12.2. The number of methoxy groups -OCH3 is 1. The van der Waals surface area contributed by atoms with E-state index < -0.39 is 0 Å². The molecule has 2 aliphatic rings. The largest absolute Gasteiger partial charge is 0.492 e. The van der Waals surface area contributed by atoms with Crippen molar-refractivity contribution in [3.63, 3.8) is 0 Å². The number of anilines is 2. The molecule has 6 heteroatoms. The molecule has 0 spiro atoms. The minimum absolute atomic E-state index is 0.196. The van der Waals surface area contributed by atoms with E-state index in [9.17, 15) is 4.79 Å². The Morgan fingerprint density at radius 3 is 2.68 bits per heavy atom. The van der Waals surface area contributed by atoms with Crippen LogP contribution in [0.4, 0.5) is 10.7 Å². The maximum Gasteiger partial charge on any atom is 0.178 e. The zero-order valence-electron chi connectivity index (χ0n) is 11.1. The molecule has 1 aliphatic heterocycles. The number of ether oxygens (including phenoxy) is 1. The van der Waals surface area contributed by atoms with Crippen molar-refractivity contribution < 1.29 is 9.53 Å². The van der Waals surface area contributed by atoms with Crippen LogP contribution in [0.3, 0.4) is 0 Å². The van der Waals surface area contributed by atoms with Crippen LogP contribution < -0.4 is 20.7 Å². The predicted molar refractivity (Wildman–Crippen MR) is 77.4 cm³/mol. The molecule has 104 valence electrons. The second-order valence-electron chi connectivity index (χ2n) is 5.06. The first-order valence-electron chi connectivity index (χ1n) is 6.68. The lowest BCUT2D eigenvalue weighted by Crippen LogP contribution is -2.43. The van der Waals surface area contributed by atoms with E-state index in [0.29, 0.717) is 16.3 Å². The number of ketones is 1. The molecule has 1 saturated carbocycles. The summed E-state index contributed by atoms with van der Waals surface area (Å²) < 4.78 is 5.43. The number of nitrogens with zero attached hydrogens (tertiary/aromatic N) is 1. The van der Waals surface area contributed by atoms with Crippen LogP contribution in [0.1, 0.15) is 22.5 Å². The highest BCUT2D eigenvalue weighted by molar-refractivity contribution is 7.19. The van der Waals surface area contributed by atoms with Crippen LogP contribution in [0.2, 0.25) is 0 Å². The average Bonchev–Trinajstić information content (AvgIpc) is 3.23. The molecule has 2 heterocycles. The van der Waals surface area contributed by atoms with E-state index in [4.69, 9.17) is 10.5 Å². The van der Waals surface area contributed by atoms with Crippen LogP contribution in [-0.2, 0) is 0 Å². The minimum atomic E-state index is 0.196. The molecular formula is C13H19N3O2S. The Bertz CT molecular complexity index is 490. The summed E-state index contributed by atoms with van der Waals surface area (Å²) in [5.41, 5.74) is 6.64. The van der Waals surface area contributed by atoms with Gasteiger partial charge in [0.05, 0.1) is 17.7 Å². The number of hydrogen-bond donors (Lipinski definition) is 2. The number of nitrogen functional groups attached to an aromatic ring is 1. The normalized spacial score (nSPS) is 19.5. The first-order valence-corrected chi connectivity index (χ1v) is 7.50. The molecule has 1 aromatic heterocycles. The Balaban J connectivity index is 1.93. The van der Waals surface area contributed by atoms with Crippen molar-refractivity contribution in [3.8, 4) is 5.75 Å². The van der Waals surface area contributed by atoms with Crippen LogP contribution in [0.5, 0.6) is 5.75 Å². The second-order valence-corrected chi connectivity index (χ2v) is 6.06. The molecule has 2 fully saturated rings. The standard InChI is InChI=1S/C13H19N3O2S/c1-18-11-9(14)12(10(17)8-2-3-8)19-13(11)16-6-4-15-5-7-16/h8,15H,2-7,14H2,1H3. The van der Waals surface area contributed by atoms with Crippen LogP contribution in [0, 0.1) is 5.92 Å². The molecule has 19 heavy (non-hydrogen) atoms. The number of piperazine rings is 1. The van der Waals surface area contributed by atoms with Gasteiger partial charge in [-0.25, -0.2) is 0 Å². The number of nitrogens with one attached hydrogen (secondary N) is 1. The Morgan fingerprint density at radius 2 is 2.11 bits per heavy atom. The fourth-order valence-corrected chi connectivity index (χ4v) is 3.66. The maximum atomic E-state index is 12.2. The van der Waals surface area contributed by atoms with Gasteiger partial charge in [-0.15, -0.1) is 11.3 Å². The number of hydrogen-bond acceptors (Lipinski definition) is 6. The summed E-state index contributed by atoms with van der Waals surface area (Å²) in [6.45, 7) is 3.75. The molecule has 0 unspecified atom stereocenters. The SMILES string of the molecule is COc1c(N2CCNCC2)sc(C(=O)C2CC2)c1N. The molecule has 1 aromatic rings. The lowest BCUT2D eigenvalue weighted by molar-refractivity contribution is 0.0972. The Hall–Kier alpha value is -1.27. The molecule has 0 aromatic carbocycles. The van der Waals surface area contributed by atoms with Gasteiger partial charge in [-0.2, -0.15) is 0 Å². The molecular weight excluding hydrogens is 262 g/mol. The van der Waals surface area contributed by atoms with E-state index in [1.807, 2.05) is 0 Å². The summed E-state index contributed by atoms with van der Waals surface area (Å²) in [7, 11) is 1.62. The number of nitrogens with two attached hydrogens (primary N) is 1. The molecule has 0 bridgehead atoms. The monoisotopic (exact) mass is 281 g/mol. The summed E-state index contributed by atoms with van der Waals surface area (Å²) in [5, 5.41) is 4.32. The third-order valence-corrected chi connectivity index (χ3v) is 4.92. The third kappa shape index (κ3) is 2.30. The van der Waals surface area contributed by atoms with E-state index in [1.165, 1.54) is 11.3 Å². The Kier molecular flexibility index (Phi) is 3.36. The van der Waals surface area contributed by atoms with Crippen LogP contribution in [-0.4, -0.2) is 39.1 Å². The van der Waals surface area contributed by atoms with Gasteiger partial charge in [0, 0.05) is 32.1 Å². The van der Waals surface area contributed by atoms with Crippen molar-refractivity contribution >= 4 is 27.8 Å². The van der Waals surface area contributed by atoms with Gasteiger partial charge in [0.25, 0.3) is 0 Å². The third-order valence-electron chi connectivity index (χ3n) is 3.66. The molecule has 3 rings (SSSR count). The van der Waals surface area contributed by atoms with Gasteiger partial charge in [0.2, 0.25) is 0 Å². The van der Waals surface area contributed by atoms with Gasteiger partial charge in [-0.3, -0.25) is 4.79 Å². The number of carbonyl (C=O) groups excluding carboxylic acids is 1. The summed E-state index contributed by atoms with van der Waals surface area (Å²) >= 11 is 1.49. The fraction of sp³-hybridized carbons (Fsp3) is 0.615. The van der Waals surface area contributed by atoms with E-state index in [0.717, 1.165) is 44.0 Å². The van der Waals surface area contributed by atoms with Gasteiger partial charge in [0.1, 0.15) is 5.00 Å². The van der Waals surface area contributed by atoms with Crippen LogP contribution >= 0.6 is 11.3 Å². The van der Waals surface area contributed by atoms with Crippen LogP contribution in [0.15, 0.2) is 0 Å². The van der Waals surface area contributed by atoms with E-state index in [2.05, 4.69) is 10.2 Å². The molecule has 0 amide bonds. The molecule has 1 saturated heterocycles. The van der Waals surface area contributed by atoms with Crippen molar-refractivity contribution in [1.29, 1.82) is 0 Å². The highest BCUT2D eigenvalue weighted by Crippen LogP contribution is 2.47. The first-order chi connectivity index (χ1) is 9.22. The quantitative estimate of drug-likeness (QED) is 0.815. The Morgan fingerprint density at radius 1 is 1.42 bits per heavy atom. The smallest absolute Gasteiger partial charge is 0.178 e. The minimum Gasteiger partial charge on any atom is -0.492 e. The fourth-order valence-electron chi connectivity index (χ4n) is 2.40. The highest BCUT2D eigenvalue weighted by atomic mass is 32.1. The van der Waals surface area contributed by atoms with Gasteiger partial charge >= 0.3 is 0 Å². The summed E-state index contributed by atoms with van der Waals surface area (Å²) in [5.74, 6) is 1.07. The molecule has 3 N–H and O–H groups in total. The summed E-state index contributed by atoms with van der Waals surface area (Å²) in [4.78, 5) is 15.2. The number of Topliss-reactive ketones (excluding diaryl/α,β-unsaturated/α-hetero) is 1. The van der Waals surface area contributed by atoms with Crippen molar-refractivity contribution in [2.45, 2.75) is 12.8 Å². The van der Waals surface area contributed by atoms with Gasteiger partial charge in [0.15, 0.2) is 11.5 Å². The van der Waals surface area contributed by atoms with Crippen molar-refractivity contribution in [2.24, 2.45) is 5.92 Å². The van der Waals surface area contributed by atoms with Crippen molar-refractivity contribution in [2.75, 3.05) is 43.9 Å². The molecule has 0 radical (unpaired) electrons. The zero-order chi connectivity index (χ0) is 13.4. The van der Waals surface area contributed by atoms with E-state index in [-0.39, 0.29) is 11.7 Å². The lowest BCUT2D eigenvalue weighted by atomic mass is 10.2. The topological polar surface area (TPSA) is 67.6 Å². The summed E-state index contributed by atoms with van der Waals surface area (Å²) in [6.07, 6.45) is 2.00. The van der Waals surface area contributed by atoms with Gasteiger partial charge in [-0.05, 0) is 12.8 Å². The first kappa shape index (κ1) is 12.7. The van der Waals surface area contributed by atoms with E-state index >= 15 is 0 Å². The summed E-state index contributed by atoms with van der Waals surface area (Å²) in [6, 6.07) is 0. The van der Waals surface area contributed by atoms with Crippen molar-refractivity contribution in [1.82, 2.24) is 5.32 Å². The average molecular weight is 281 g/mol. The van der Waals surface area contributed by atoms with Gasteiger partial charge in [-0.1, -0.05) is 0 Å². The van der Waals surface area contributed by atoms with Crippen molar-refractivity contribution in [3.05, 3.63) is 4.88 Å². The number of carbonyl (C=O) groups is 1. The van der Waals surface area contributed by atoms with Crippen LogP contribution in [0.25, 0.3) is 0 Å². The number of rotatable bonds is 4. The Labute approximate surface area is 116 Å². The molecule has 0 atom stereocenters. The lowest BCUT2D eigenvalue weighted by Gasteiger charge is -2.28. The second kappa shape index (κ2) is 5.02. The number of thiophene rings is 1. The molecule has 5 nitrogen and oxygen atoms in total.